The summed E-state index contributed by atoms with van der Waals surface area (Å²) in [6.07, 6.45) is 10.5. The van der Waals surface area contributed by atoms with Crippen LogP contribution in [0.4, 0.5) is 4.39 Å². The van der Waals surface area contributed by atoms with Gasteiger partial charge < -0.3 is 4.40 Å². The monoisotopic (exact) mass is 393 g/mol. The normalized spacial score (nSPS) is 17.3. The van der Waals surface area contributed by atoms with Crippen molar-refractivity contribution in [1.82, 2.24) is 33.6 Å². The number of rotatable bonds is 5. The van der Waals surface area contributed by atoms with Gasteiger partial charge in [-0.15, -0.1) is 0 Å². The Balaban J connectivity index is 1.35. The minimum absolute atomic E-state index is 0.121. The number of imidazole rings is 2. The van der Waals surface area contributed by atoms with Crippen LogP contribution in [-0.4, -0.2) is 46.2 Å². The molecule has 148 valence electrons. The molecule has 0 saturated carbocycles. The van der Waals surface area contributed by atoms with E-state index in [1.54, 1.807) is 39.8 Å². The second-order valence-corrected chi connectivity index (χ2v) is 7.29. The smallest absolute Gasteiger partial charge is 0.266 e. The van der Waals surface area contributed by atoms with E-state index in [-0.39, 0.29) is 17.4 Å². The zero-order valence-corrected chi connectivity index (χ0v) is 15.7. The highest BCUT2D eigenvalue weighted by molar-refractivity contribution is 5.39. The number of halogens is 1. The molecule has 5 heterocycles. The zero-order valence-electron chi connectivity index (χ0n) is 15.7. The predicted octanol–water partition coefficient (Wildman–Crippen LogP) is 1.88. The Hall–Kier alpha value is -3.33. The van der Waals surface area contributed by atoms with Crippen molar-refractivity contribution in [2.75, 3.05) is 6.54 Å². The Labute approximate surface area is 165 Å². The number of hydrogen-bond donors (Lipinski definition) is 0. The average molecular weight is 393 g/mol. The fraction of sp³-hybridized carbons (Fsp3) is 0.300. The summed E-state index contributed by atoms with van der Waals surface area (Å²) in [4.78, 5) is 23.3. The first-order chi connectivity index (χ1) is 14.2. The Kier molecular flexibility index (Phi) is 4.44. The van der Waals surface area contributed by atoms with Gasteiger partial charge in [-0.25, -0.2) is 19.0 Å². The van der Waals surface area contributed by atoms with Crippen molar-refractivity contribution in [2.45, 2.75) is 32.0 Å². The van der Waals surface area contributed by atoms with Crippen LogP contribution in [0, 0.1) is 5.82 Å². The minimum atomic E-state index is -0.288. The standard InChI is InChI=1S/C20H20FN7O/c21-15-3-4-18-23-16(12-27(18)10-15)11-25-8-1-2-17(25)13-28-20(29)6-5-19(24-28)26-9-7-22-14-26/h3-7,9-10,12,14,17H,1-2,8,11,13H2. The molecule has 4 aromatic heterocycles. The van der Waals surface area contributed by atoms with Crippen LogP contribution in [0.3, 0.4) is 0 Å². The summed E-state index contributed by atoms with van der Waals surface area (Å²) in [6.45, 7) is 2.11. The van der Waals surface area contributed by atoms with Crippen molar-refractivity contribution < 1.29 is 4.39 Å². The van der Waals surface area contributed by atoms with Crippen molar-refractivity contribution in [3.63, 3.8) is 0 Å². The molecule has 4 aromatic rings. The molecule has 1 saturated heterocycles. The molecule has 0 radical (unpaired) electrons. The summed E-state index contributed by atoms with van der Waals surface area (Å²) in [5.74, 6) is 0.373. The maximum atomic E-state index is 13.4. The van der Waals surface area contributed by atoms with Crippen LogP contribution in [0.1, 0.15) is 18.5 Å². The molecule has 5 rings (SSSR count). The molecule has 9 heteroatoms. The molecule has 0 N–H and O–H groups in total. The van der Waals surface area contributed by atoms with Crippen LogP contribution in [0.2, 0.25) is 0 Å². The third-order valence-electron chi connectivity index (χ3n) is 5.33. The SMILES string of the molecule is O=c1ccc(-n2ccnc2)nn1CC1CCCN1Cc1cn2cc(F)ccc2n1. The lowest BCUT2D eigenvalue weighted by Crippen LogP contribution is -2.37. The molecule has 1 aliphatic rings. The average Bonchev–Trinajstić information content (AvgIpc) is 3.45. The molecule has 0 aromatic carbocycles. The highest BCUT2D eigenvalue weighted by atomic mass is 19.1. The molecule has 1 fully saturated rings. The molecule has 8 nitrogen and oxygen atoms in total. The quantitative estimate of drug-likeness (QED) is 0.518. The maximum absolute atomic E-state index is 13.4. The lowest BCUT2D eigenvalue weighted by Gasteiger charge is -2.23. The third-order valence-corrected chi connectivity index (χ3v) is 5.33. The van der Waals surface area contributed by atoms with Crippen molar-refractivity contribution in [3.05, 3.63) is 77.2 Å². The molecule has 0 aliphatic carbocycles. The van der Waals surface area contributed by atoms with Crippen molar-refractivity contribution >= 4 is 5.65 Å². The zero-order chi connectivity index (χ0) is 19.8. The van der Waals surface area contributed by atoms with Gasteiger partial charge in [0.1, 0.15) is 17.8 Å². The summed E-state index contributed by atoms with van der Waals surface area (Å²) < 4.78 is 18.4. The summed E-state index contributed by atoms with van der Waals surface area (Å²) >= 11 is 0. The van der Waals surface area contributed by atoms with E-state index in [0.29, 0.717) is 18.9 Å². The van der Waals surface area contributed by atoms with E-state index in [2.05, 4.69) is 20.0 Å². The molecule has 0 spiro atoms. The van der Waals surface area contributed by atoms with Crippen LogP contribution in [0.25, 0.3) is 11.5 Å². The van der Waals surface area contributed by atoms with E-state index >= 15 is 0 Å². The summed E-state index contributed by atoms with van der Waals surface area (Å²) in [6, 6.07) is 6.52. The fourth-order valence-corrected chi connectivity index (χ4v) is 3.91. The van der Waals surface area contributed by atoms with Gasteiger partial charge in [0.2, 0.25) is 0 Å². The van der Waals surface area contributed by atoms with Crippen molar-refractivity contribution in [3.8, 4) is 5.82 Å². The third kappa shape index (κ3) is 3.56. The Bertz CT molecular complexity index is 1200. The van der Waals surface area contributed by atoms with Gasteiger partial charge in [0.15, 0.2) is 5.82 Å². The first-order valence-electron chi connectivity index (χ1n) is 9.59. The van der Waals surface area contributed by atoms with Gasteiger partial charge in [-0.3, -0.25) is 14.3 Å². The van der Waals surface area contributed by atoms with Gasteiger partial charge in [-0.1, -0.05) is 0 Å². The van der Waals surface area contributed by atoms with Gasteiger partial charge in [-0.05, 0) is 37.6 Å². The maximum Gasteiger partial charge on any atom is 0.266 e. The van der Waals surface area contributed by atoms with Crippen molar-refractivity contribution in [1.29, 1.82) is 0 Å². The lowest BCUT2D eigenvalue weighted by atomic mass is 10.2. The number of nitrogens with zero attached hydrogens (tertiary/aromatic N) is 7. The number of hydrogen-bond acceptors (Lipinski definition) is 5. The minimum Gasteiger partial charge on any atom is -0.304 e. The van der Waals surface area contributed by atoms with Crippen molar-refractivity contribution in [2.24, 2.45) is 0 Å². The van der Waals surface area contributed by atoms with E-state index in [1.165, 1.54) is 23.0 Å². The topological polar surface area (TPSA) is 73.2 Å². The largest absolute Gasteiger partial charge is 0.304 e. The fourth-order valence-electron chi connectivity index (χ4n) is 3.91. The van der Waals surface area contributed by atoms with Crippen LogP contribution < -0.4 is 5.56 Å². The summed E-state index contributed by atoms with van der Waals surface area (Å²) in [7, 11) is 0. The van der Waals surface area contributed by atoms with Crippen LogP contribution >= 0.6 is 0 Å². The molecule has 1 aliphatic heterocycles. The second-order valence-electron chi connectivity index (χ2n) is 7.29. The number of aromatic nitrogens is 6. The molecule has 29 heavy (non-hydrogen) atoms. The number of likely N-dealkylation sites (tertiary alicyclic amines) is 1. The Morgan fingerprint density at radius 1 is 1.17 bits per heavy atom. The Morgan fingerprint density at radius 3 is 2.97 bits per heavy atom. The van der Waals surface area contributed by atoms with E-state index in [4.69, 9.17) is 0 Å². The van der Waals surface area contributed by atoms with Crippen LogP contribution in [0.15, 0.2) is 60.2 Å². The summed E-state index contributed by atoms with van der Waals surface area (Å²) in [5.41, 5.74) is 1.49. The first kappa shape index (κ1) is 17.7. The van der Waals surface area contributed by atoms with Gasteiger partial charge in [0.25, 0.3) is 5.56 Å². The van der Waals surface area contributed by atoms with Gasteiger partial charge >= 0.3 is 0 Å². The van der Waals surface area contributed by atoms with E-state index in [1.807, 2.05) is 6.20 Å². The molecule has 0 bridgehead atoms. The first-order valence-corrected chi connectivity index (χ1v) is 9.59. The van der Waals surface area contributed by atoms with E-state index < -0.39 is 0 Å². The van der Waals surface area contributed by atoms with Gasteiger partial charge in [0, 0.05) is 43.4 Å². The van der Waals surface area contributed by atoms with Gasteiger partial charge in [-0.2, -0.15) is 5.10 Å². The number of fused-ring (bicyclic) bond motifs is 1. The summed E-state index contributed by atoms with van der Waals surface area (Å²) in [5, 5.41) is 4.50. The van der Waals surface area contributed by atoms with Gasteiger partial charge in [0.05, 0.1) is 12.2 Å². The molecular formula is C20H20FN7O. The van der Waals surface area contributed by atoms with Crippen LogP contribution in [0.5, 0.6) is 0 Å². The Morgan fingerprint density at radius 2 is 2.10 bits per heavy atom. The van der Waals surface area contributed by atoms with E-state index in [9.17, 15) is 9.18 Å². The molecule has 1 atom stereocenters. The molecule has 1 unspecified atom stereocenters. The lowest BCUT2D eigenvalue weighted by molar-refractivity contribution is 0.214. The highest BCUT2D eigenvalue weighted by Gasteiger charge is 2.26. The van der Waals surface area contributed by atoms with E-state index in [0.717, 1.165) is 30.7 Å². The van der Waals surface area contributed by atoms with Crippen LogP contribution in [-0.2, 0) is 13.1 Å². The molecule has 0 amide bonds. The highest BCUT2D eigenvalue weighted by Crippen LogP contribution is 2.21. The molecular weight excluding hydrogens is 373 g/mol. The predicted molar refractivity (Wildman–Crippen MR) is 104 cm³/mol. The second kappa shape index (κ2) is 7.25. The number of pyridine rings is 1.